The third-order valence-electron chi connectivity index (χ3n) is 3.19. The fourth-order valence-electron chi connectivity index (χ4n) is 1.94. The number of anilines is 2. The number of benzene rings is 1. The average Bonchev–Trinajstić information content (AvgIpc) is 2.46. The number of aromatic nitrogens is 1. The van der Waals surface area contributed by atoms with Gasteiger partial charge in [-0.2, -0.15) is 0 Å². The molecular weight excluding hydrogens is 275 g/mol. The molecule has 0 aliphatic heterocycles. The van der Waals surface area contributed by atoms with Gasteiger partial charge in [-0.15, -0.1) is 11.6 Å². The van der Waals surface area contributed by atoms with Crippen LogP contribution < -0.4 is 4.90 Å². The monoisotopic (exact) mass is 292 g/mol. The standard InChI is InChI=1S/C16H18ClFN2/c1-11(2)15-8-12(10-17)9-16(19-15)20(3)14-6-4-13(18)5-7-14/h4-9,11H,10H2,1-3H3. The summed E-state index contributed by atoms with van der Waals surface area (Å²) in [5, 5.41) is 0. The Morgan fingerprint density at radius 1 is 1.20 bits per heavy atom. The van der Waals surface area contributed by atoms with E-state index in [1.165, 1.54) is 12.1 Å². The Balaban J connectivity index is 2.40. The highest BCUT2D eigenvalue weighted by Crippen LogP contribution is 2.26. The summed E-state index contributed by atoms with van der Waals surface area (Å²) >= 11 is 5.95. The fraction of sp³-hybridized carbons (Fsp3) is 0.312. The molecule has 20 heavy (non-hydrogen) atoms. The lowest BCUT2D eigenvalue weighted by Gasteiger charge is -2.20. The predicted octanol–water partition coefficient (Wildman–Crippen LogP) is 4.85. The molecule has 2 aromatic rings. The molecule has 0 saturated heterocycles. The molecule has 1 aromatic carbocycles. The second kappa shape index (κ2) is 6.23. The van der Waals surface area contributed by atoms with Crippen LogP contribution in [0.1, 0.15) is 31.0 Å². The maximum atomic E-state index is 13.0. The van der Waals surface area contributed by atoms with Crippen molar-refractivity contribution < 1.29 is 4.39 Å². The van der Waals surface area contributed by atoms with E-state index < -0.39 is 0 Å². The molecule has 1 aromatic heterocycles. The lowest BCUT2D eigenvalue weighted by Crippen LogP contribution is -2.13. The number of hydrogen-bond donors (Lipinski definition) is 0. The van der Waals surface area contributed by atoms with Crippen molar-refractivity contribution in [3.05, 3.63) is 53.5 Å². The van der Waals surface area contributed by atoms with Gasteiger partial charge in [-0.1, -0.05) is 13.8 Å². The van der Waals surface area contributed by atoms with Crippen molar-refractivity contribution in [2.24, 2.45) is 0 Å². The molecule has 0 aliphatic rings. The Labute approximate surface area is 124 Å². The van der Waals surface area contributed by atoms with E-state index in [0.717, 1.165) is 22.8 Å². The molecule has 0 amide bonds. The van der Waals surface area contributed by atoms with Crippen molar-refractivity contribution in [1.82, 2.24) is 4.98 Å². The molecule has 0 atom stereocenters. The Morgan fingerprint density at radius 2 is 1.85 bits per heavy atom. The van der Waals surface area contributed by atoms with E-state index in [1.54, 1.807) is 12.1 Å². The van der Waals surface area contributed by atoms with Crippen LogP contribution in [0.4, 0.5) is 15.9 Å². The normalized spacial score (nSPS) is 10.9. The van der Waals surface area contributed by atoms with Crippen LogP contribution in [0.3, 0.4) is 0 Å². The van der Waals surface area contributed by atoms with Crippen molar-refractivity contribution in [1.29, 1.82) is 0 Å². The summed E-state index contributed by atoms with van der Waals surface area (Å²) in [7, 11) is 1.91. The average molecular weight is 293 g/mol. The molecule has 1 heterocycles. The lowest BCUT2D eigenvalue weighted by atomic mass is 10.1. The first-order chi connectivity index (χ1) is 9.51. The highest BCUT2D eigenvalue weighted by molar-refractivity contribution is 6.17. The largest absolute Gasteiger partial charge is 0.329 e. The van der Waals surface area contributed by atoms with E-state index >= 15 is 0 Å². The molecule has 0 bridgehead atoms. The third-order valence-corrected chi connectivity index (χ3v) is 3.50. The highest BCUT2D eigenvalue weighted by Gasteiger charge is 2.10. The van der Waals surface area contributed by atoms with Gasteiger partial charge in [0.15, 0.2) is 0 Å². The predicted molar refractivity (Wildman–Crippen MR) is 82.3 cm³/mol. The molecule has 2 nitrogen and oxygen atoms in total. The van der Waals surface area contributed by atoms with Crippen molar-refractivity contribution in [3.8, 4) is 0 Å². The molecule has 0 fully saturated rings. The van der Waals surface area contributed by atoms with E-state index in [2.05, 4.69) is 18.8 Å². The van der Waals surface area contributed by atoms with Gasteiger partial charge in [-0.25, -0.2) is 9.37 Å². The maximum absolute atomic E-state index is 13.0. The van der Waals surface area contributed by atoms with Gasteiger partial charge in [-0.3, -0.25) is 0 Å². The van der Waals surface area contributed by atoms with Gasteiger partial charge in [0.25, 0.3) is 0 Å². The van der Waals surface area contributed by atoms with Gasteiger partial charge < -0.3 is 4.90 Å². The molecule has 0 unspecified atom stereocenters. The first kappa shape index (κ1) is 14.8. The minimum Gasteiger partial charge on any atom is -0.329 e. The maximum Gasteiger partial charge on any atom is 0.133 e. The number of pyridine rings is 1. The zero-order valence-electron chi connectivity index (χ0n) is 11.9. The van der Waals surface area contributed by atoms with E-state index in [0.29, 0.717) is 11.8 Å². The number of alkyl halides is 1. The Kier molecular flexibility index (Phi) is 4.61. The number of rotatable bonds is 4. The van der Waals surface area contributed by atoms with Crippen LogP contribution in [0.15, 0.2) is 36.4 Å². The molecule has 4 heteroatoms. The molecule has 0 aliphatic carbocycles. The van der Waals surface area contributed by atoms with Crippen molar-refractivity contribution in [2.45, 2.75) is 25.6 Å². The van der Waals surface area contributed by atoms with Crippen molar-refractivity contribution >= 4 is 23.1 Å². The van der Waals surface area contributed by atoms with Crippen LogP contribution in [0.5, 0.6) is 0 Å². The number of hydrogen-bond acceptors (Lipinski definition) is 2. The zero-order chi connectivity index (χ0) is 14.7. The third kappa shape index (κ3) is 3.28. The minimum atomic E-state index is -0.243. The van der Waals surface area contributed by atoms with Crippen LogP contribution in [0.25, 0.3) is 0 Å². The summed E-state index contributed by atoms with van der Waals surface area (Å²) in [6.45, 7) is 4.20. The summed E-state index contributed by atoms with van der Waals surface area (Å²) in [5.74, 6) is 1.36. The van der Waals surface area contributed by atoms with Crippen LogP contribution in [0, 0.1) is 5.82 Å². The first-order valence-electron chi connectivity index (χ1n) is 6.57. The van der Waals surface area contributed by atoms with Gasteiger partial charge in [-0.05, 0) is 47.9 Å². The van der Waals surface area contributed by atoms with Gasteiger partial charge in [0.1, 0.15) is 11.6 Å². The number of nitrogens with zero attached hydrogens (tertiary/aromatic N) is 2. The Hall–Kier alpha value is -1.61. The topological polar surface area (TPSA) is 16.1 Å². The summed E-state index contributed by atoms with van der Waals surface area (Å²) in [5.41, 5.74) is 2.93. The van der Waals surface area contributed by atoms with E-state index in [-0.39, 0.29) is 5.82 Å². The molecule has 0 saturated carbocycles. The Bertz CT molecular complexity index is 582. The van der Waals surface area contributed by atoms with Crippen LogP contribution in [-0.4, -0.2) is 12.0 Å². The molecular formula is C16H18ClFN2. The van der Waals surface area contributed by atoms with E-state index in [9.17, 15) is 4.39 Å². The zero-order valence-corrected chi connectivity index (χ0v) is 12.7. The molecule has 106 valence electrons. The van der Waals surface area contributed by atoms with E-state index in [1.807, 2.05) is 24.1 Å². The second-order valence-corrected chi connectivity index (χ2v) is 5.35. The van der Waals surface area contributed by atoms with Crippen LogP contribution >= 0.6 is 11.6 Å². The van der Waals surface area contributed by atoms with Crippen molar-refractivity contribution in [3.63, 3.8) is 0 Å². The molecule has 2 rings (SSSR count). The van der Waals surface area contributed by atoms with Crippen LogP contribution in [-0.2, 0) is 5.88 Å². The first-order valence-corrected chi connectivity index (χ1v) is 7.11. The lowest BCUT2D eigenvalue weighted by molar-refractivity contribution is 0.628. The van der Waals surface area contributed by atoms with Gasteiger partial charge in [0.05, 0.1) is 0 Å². The summed E-state index contributed by atoms with van der Waals surface area (Å²) in [4.78, 5) is 6.59. The van der Waals surface area contributed by atoms with Crippen LogP contribution in [0.2, 0.25) is 0 Å². The summed E-state index contributed by atoms with van der Waals surface area (Å²) in [6.07, 6.45) is 0. The van der Waals surface area contributed by atoms with Gasteiger partial charge in [0.2, 0.25) is 0 Å². The second-order valence-electron chi connectivity index (χ2n) is 5.08. The molecule has 0 N–H and O–H groups in total. The summed E-state index contributed by atoms with van der Waals surface area (Å²) < 4.78 is 13.0. The summed E-state index contributed by atoms with van der Waals surface area (Å²) in [6, 6.07) is 10.3. The SMILES string of the molecule is CC(C)c1cc(CCl)cc(N(C)c2ccc(F)cc2)n1. The van der Waals surface area contributed by atoms with Gasteiger partial charge >= 0.3 is 0 Å². The van der Waals surface area contributed by atoms with Gasteiger partial charge in [0, 0.05) is 24.3 Å². The smallest absolute Gasteiger partial charge is 0.133 e. The number of halogens is 2. The minimum absolute atomic E-state index is 0.243. The molecule has 0 radical (unpaired) electrons. The van der Waals surface area contributed by atoms with E-state index in [4.69, 9.17) is 11.6 Å². The Morgan fingerprint density at radius 3 is 2.40 bits per heavy atom. The quantitative estimate of drug-likeness (QED) is 0.749. The van der Waals surface area contributed by atoms with Crippen molar-refractivity contribution in [2.75, 3.05) is 11.9 Å². The fourth-order valence-corrected chi connectivity index (χ4v) is 2.09. The molecule has 0 spiro atoms. The highest BCUT2D eigenvalue weighted by atomic mass is 35.5.